The van der Waals surface area contributed by atoms with E-state index in [-0.39, 0.29) is 22.6 Å². The quantitative estimate of drug-likeness (QED) is 0.678. The number of ether oxygens (including phenoxy) is 2. The van der Waals surface area contributed by atoms with Gasteiger partial charge in [-0.3, -0.25) is 4.79 Å². The molecule has 0 radical (unpaired) electrons. The summed E-state index contributed by atoms with van der Waals surface area (Å²) >= 11 is 0. The van der Waals surface area contributed by atoms with Crippen LogP contribution in [-0.2, 0) is 14.6 Å². The number of benzene rings is 1. The molecule has 1 aromatic carbocycles. The molecule has 118 valence electrons. The molecule has 0 bridgehead atoms. The van der Waals surface area contributed by atoms with Crippen molar-refractivity contribution in [1.29, 1.82) is 0 Å². The SMILES string of the molecule is COc1ccc2c(c1OC)C(=O)N1[C@H](C(=O)[O-])CS(=O)(=O)[C@@H]21. The van der Waals surface area contributed by atoms with Gasteiger partial charge in [-0.2, -0.15) is 0 Å². The smallest absolute Gasteiger partial charge is 0.260 e. The molecule has 1 amide bonds. The molecule has 0 aliphatic carbocycles. The molecule has 1 saturated heterocycles. The first kappa shape index (κ1) is 14.6. The first-order chi connectivity index (χ1) is 10.3. The summed E-state index contributed by atoms with van der Waals surface area (Å²) < 4.78 is 34.8. The minimum atomic E-state index is -3.82. The molecule has 2 atom stereocenters. The fourth-order valence-electron chi connectivity index (χ4n) is 3.00. The second-order valence-electron chi connectivity index (χ2n) is 4.99. The van der Waals surface area contributed by atoms with Crippen molar-refractivity contribution in [3.05, 3.63) is 23.3 Å². The molecule has 0 unspecified atom stereocenters. The van der Waals surface area contributed by atoms with Crippen molar-refractivity contribution < 1.29 is 32.6 Å². The van der Waals surface area contributed by atoms with Gasteiger partial charge in [-0.15, -0.1) is 0 Å². The summed E-state index contributed by atoms with van der Waals surface area (Å²) in [6, 6.07) is 1.41. The summed E-state index contributed by atoms with van der Waals surface area (Å²) in [4.78, 5) is 24.6. The number of rotatable bonds is 3. The second-order valence-corrected chi connectivity index (χ2v) is 7.10. The lowest BCUT2D eigenvalue weighted by Crippen LogP contribution is -2.47. The normalized spacial score (nSPS) is 24.8. The minimum absolute atomic E-state index is 0.0152. The predicted octanol–water partition coefficient (Wildman–Crippen LogP) is -1.29. The van der Waals surface area contributed by atoms with E-state index < -0.39 is 38.9 Å². The molecule has 0 saturated carbocycles. The summed E-state index contributed by atoms with van der Waals surface area (Å²) in [7, 11) is -1.12. The zero-order valence-corrected chi connectivity index (χ0v) is 12.5. The van der Waals surface area contributed by atoms with E-state index in [9.17, 15) is 23.1 Å². The van der Waals surface area contributed by atoms with Crippen LogP contribution < -0.4 is 14.6 Å². The fraction of sp³-hybridized carbons (Fsp3) is 0.385. The zero-order chi connectivity index (χ0) is 16.2. The van der Waals surface area contributed by atoms with Gasteiger partial charge >= 0.3 is 0 Å². The maximum absolute atomic E-state index is 12.6. The lowest BCUT2D eigenvalue weighted by molar-refractivity contribution is -0.309. The van der Waals surface area contributed by atoms with Gasteiger partial charge in [-0.1, -0.05) is 6.07 Å². The number of carbonyl (C=O) groups is 2. The molecule has 0 N–H and O–H groups in total. The first-order valence-electron chi connectivity index (χ1n) is 6.33. The summed E-state index contributed by atoms with van der Waals surface area (Å²) in [6.07, 6.45) is 0. The summed E-state index contributed by atoms with van der Waals surface area (Å²) in [5.74, 6) is -2.62. The third kappa shape index (κ3) is 1.71. The van der Waals surface area contributed by atoms with Crippen molar-refractivity contribution >= 4 is 21.7 Å². The van der Waals surface area contributed by atoms with Crippen molar-refractivity contribution in [2.45, 2.75) is 11.4 Å². The van der Waals surface area contributed by atoms with E-state index in [1.807, 2.05) is 0 Å². The average Bonchev–Trinajstić information content (AvgIpc) is 2.92. The van der Waals surface area contributed by atoms with Gasteiger partial charge in [0.2, 0.25) is 0 Å². The number of hydrogen-bond acceptors (Lipinski definition) is 7. The Hall–Kier alpha value is -2.29. The Morgan fingerprint density at radius 3 is 2.55 bits per heavy atom. The molecule has 1 aromatic rings. The number of methoxy groups -OCH3 is 2. The van der Waals surface area contributed by atoms with E-state index in [1.165, 1.54) is 26.4 Å². The molecule has 2 heterocycles. The summed E-state index contributed by atoms with van der Waals surface area (Å²) in [6.45, 7) is 0. The summed E-state index contributed by atoms with van der Waals surface area (Å²) in [5.41, 5.74) is 0.216. The predicted molar refractivity (Wildman–Crippen MR) is 71.0 cm³/mol. The van der Waals surface area contributed by atoms with Crippen LogP contribution in [0.4, 0.5) is 0 Å². The molecular weight excluding hydrogens is 314 g/mol. The molecule has 2 aliphatic heterocycles. The number of carbonyl (C=O) groups excluding carboxylic acids is 2. The lowest BCUT2D eigenvalue weighted by Gasteiger charge is -2.22. The number of nitrogens with zero attached hydrogens (tertiary/aromatic N) is 1. The lowest BCUT2D eigenvalue weighted by atomic mass is 10.1. The van der Waals surface area contributed by atoms with Crippen molar-refractivity contribution in [3.8, 4) is 11.5 Å². The molecule has 1 fully saturated rings. The van der Waals surface area contributed by atoms with Gasteiger partial charge in [0, 0.05) is 5.56 Å². The third-order valence-corrected chi connectivity index (χ3v) is 5.82. The summed E-state index contributed by atoms with van der Waals surface area (Å²) in [5, 5.41) is 9.86. The highest BCUT2D eigenvalue weighted by Gasteiger charge is 2.55. The Morgan fingerprint density at radius 1 is 1.32 bits per heavy atom. The average molecular weight is 326 g/mol. The van der Waals surface area contributed by atoms with Crippen LogP contribution in [0.1, 0.15) is 21.3 Å². The fourth-order valence-corrected chi connectivity index (χ4v) is 5.09. The van der Waals surface area contributed by atoms with Crippen molar-refractivity contribution in [2.75, 3.05) is 20.0 Å². The van der Waals surface area contributed by atoms with Crippen molar-refractivity contribution in [3.63, 3.8) is 0 Å². The molecule has 2 aliphatic rings. The second kappa shape index (κ2) is 4.60. The van der Waals surface area contributed by atoms with Gasteiger partial charge in [0.1, 0.15) is 0 Å². The van der Waals surface area contributed by atoms with Crippen LogP contribution in [0.15, 0.2) is 12.1 Å². The number of carboxylic acid groups (broad SMARTS) is 1. The van der Waals surface area contributed by atoms with Crippen molar-refractivity contribution in [1.82, 2.24) is 4.90 Å². The van der Waals surface area contributed by atoms with Gasteiger partial charge in [-0.25, -0.2) is 8.42 Å². The number of hydrogen-bond donors (Lipinski definition) is 0. The van der Waals surface area contributed by atoms with E-state index in [0.29, 0.717) is 0 Å². The standard InChI is InChI=1S/C13H13NO7S/c1-20-8-4-3-6-9(10(8)21-2)11(15)14-7(13(16)17)5-22(18,19)12(6)14/h3-4,7,12H,5H2,1-2H3,(H,16,17)/p-1/t7-,12-/m0/s1. The van der Waals surface area contributed by atoms with Gasteiger partial charge in [-0.05, 0) is 6.07 Å². The van der Waals surface area contributed by atoms with E-state index in [1.54, 1.807) is 0 Å². The molecule has 0 spiro atoms. The first-order valence-corrected chi connectivity index (χ1v) is 8.05. The van der Waals surface area contributed by atoms with Gasteiger partial charge in [0.25, 0.3) is 5.91 Å². The van der Waals surface area contributed by atoms with E-state index >= 15 is 0 Å². The maximum Gasteiger partial charge on any atom is 0.260 e. The van der Waals surface area contributed by atoms with E-state index in [2.05, 4.69) is 0 Å². The topological polar surface area (TPSA) is 113 Å². The number of aliphatic carboxylic acids is 1. The Labute approximate surface area is 126 Å². The highest BCUT2D eigenvalue weighted by atomic mass is 32.2. The van der Waals surface area contributed by atoms with Crippen LogP contribution in [0.2, 0.25) is 0 Å². The van der Waals surface area contributed by atoms with Crippen LogP contribution in [0.3, 0.4) is 0 Å². The molecule has 9 heteroatoms. The minimum Gasteiger partial charge on any atom is -0.548 e. The van der Waals surface area contributed by atoms with Crippen LogP contribution in [0.25, 0.3) is 0 Å². The van der Waals surface area contributed by atoms with Crippen LogP contribution >= 0.6 is 0 Å². The van der Waals surface area contributed by atoms with E-state index in [4.69, 9.17) is 9.47 Å². The largest absolute Gasteiger partial charge is 0.548 e. The monoisotopic (exact) mass is 326 g/mol. The van der Waals surface area contributed by atoms with Gasteiger partial charge in [0.05, 0.1) is 37.5 Å². The number of amides is 1. The number of sulfone groups is 1. The van der Waals surface area contributed by atoms with Gasteiger partial charge < -0.3 is 24.3 Å². The number of fused-ring (bicyclic) bond motifs is 3. The Kier molecular flexibility index (Phi) is 3.06. The third-order valence-electron chi connectivity index (χ3n) is 3.88. The molecular formula is C13H12NO7S-. The Morgan fingerprint density at radius 2 is 2.00 bits per heavy atom. The highest BCUT2D eigenvalue weighted by molar-refractivity contribution is 7.92. The molecule has 3 rings (SSSR count). The van der Waals surface area contributed by atoms with Crippen molar-refractivity contribution in [2.24, 2.45) is 0 Å². The van der Waals surface area contributed by atoms with Crippen LogP contribution in [0.5, 0.6) is 11.5 Å². The van der Waals surface area contributed by atoms with E-state index in [0.717, 1.165) is 4.90 Å². The zero-order valence-electron chi connectivity index (χ0n) is 11.7. The number of carboxylic acids is 1. The molecule has 22 heavy (non-hydrogen) atoms. The molecule has 0 aromatic heterocycles. The Bertz CT molecular complexity index is 786. The molecule has 8 nitrogen and oxygen atoms in total. The van der Waals surface area contributed by atoms with Gasteiger partial charge in [0.15, 0.2) is 26.7 Å². The maximum atomic E-state index is 12.6. The van der Waals surface area contributed by atoms with Crippen LogP contribution in [0, 0.1) is 0 Å². The highest BCUT2D eigenvalue weighted by Crippen LogP contribution is 2.49. The van der Waals surface area contributed by atoms with Crippen LogP contribution in [-0.4, -0.2) is 51.2 Å². The Balaban J connectivity index is 2.26.